The summed E-state index contributed by atoms with van der Waals surface area (Å²) in [5.41, 5.74) is 0. The van der Waals surface area contributed by atoms with Crippen molar-refractivity contribution in [2.45, 2.75) is 65.3 Å². The molecule has 0 aromatic carbocycles. The molecular formula is C13H25NO. The number of carbonyl (C=O) groups excluding carboxylic acids is 1. The number of hydrogen-bond donors (Lipinski definition) is 0. The van der Waals surface area contributed by atoms with Crippen LogP contribution in [0, 0.1) is 5.92 Å². The van der Waals surface area contributed by atoms with E-state index in [1.165, 1.54) is 25.7 Å². The van der Waals surface area contributed by atoms with E-state index in [0.29, 0.717) is 11.9 Å². The molecule has 1 aliphatic heterocycles. The molecule has 1 fully saturated rings. The summed E-state index contributed by atoms with van der Waals surface area (Å²) < 4.78 is 0. The first kappa shape index (κ1) is 12.5. The lowest BCUT2D eigenvalue weighted by molar-refractivity contribution is -0.130. The third kappa shape index (κ3) is 3.84. The van der Waals surface area contributed by atoms with Gasteiger partial charge in [-0.2, -0.15) is 0 Å². The van der Waals surface area contributed by atoms with Crippen molar-refractivity contribution in [1.29, 1.82) is 0 Å². The zero-order chi connectivity index (χ0) is 11.3. The fourth-order valence-corrected chi connectivity index (χ4v) is 2.37. The molecule has 2 heteroatoms. The summed E-state index contributed by atoms with van der Waals surface area (Å²) in [6, 6.07) is 0.521. The van der Waals surface area contributed by atoms with Gasteiger partial charge in [-0.15, -0.1) is 0 Å². The number of likely N-dealkylation sites (tertiary alicyclic amines) is 1. The van der Waals surface area contributed by atoms with Crippen LogP contribution in [0.2, 0.25) is 0 Å². The Labute approximate surface area is 94.0 Å². The molecule has 2 nitrogen and oxygen atoms in total. The van der Waals surface area contributed by atoms with Gasteiger partial charge in [-0.05, 0) is 31.6 Å². The summed E-state index contributed by atoms with van der Waals surface area (Å²) in [4.78, 5) is 13.8. The molecule has 0 aromatic rings. The lowest BCUT2D eigenvalue weighted by atomic mass is 9.99. The first-order valence-corrected chi connectivity index (χ1v) is 6.44. The van der Waals surface area contributed by atoms with Crippen molar-refractivity contribution in [2.75, 3.05) is 6.54 Å². The fourth-order valence-electron chi connectivity index (χ4n) is 2.37. The van der Waals surface area contributed by atoms with Crippen LogP contribution in [-0.4, -0.2) is 23.4 Å². The van der Waals surface area contributed by atoms with E-state index in [-0.39, 0.29) is 0 Å². The van der Waals surface area contributed by atoms with Gasteiger partial charge >= 0.3 is 0 Å². The highest BCUT2D eigenvalue weighted by molar-refractivity contribution is 5.78. The summed E-state index contributed by atoms with van der Waals surface area (Å²) in [5.74, 6) is 1.14. The number of amides is 1. The summed E-state index contributed by atoms with van der Waals surface area (Å²) in [5, 5.41) is 0. The Morgan fingerprint density at radius 2 is 2.00 bits per heavy atom. The normalized spacial score (nSPS) is 18.9. The molecule has 0 radical (unpaired) electrons. The molecule has 15 heavy (non-hydrogen) atoms. The van der Waals surface area contributed by atoms with Crippen LogP contribution in [0.15, 0.2) is 0 Å². The minimum Gasteiger partial charge on any atom is -0.340 e. The average molecular weight is 211 g/mol. The largest absolute Gasteiger partial charge is 0.340 e. The van der Waals surface area contributed by atoms with E-state index in [2.05, 4.69) is 25.7 Å². The van der Waals surface area contributed by atoms with Gasteiger partial charge in [0.05, 0.1) is 0 Å². The number of hydrogen-bond acceptors (Lipinski definition) is 1. The van der Waals surface area contributed by atoms with Crippen LogP contribution in [0.1, 0.15) is 59.3 Å². The van der Waals surface area contributed by atoms with Crippen molar-refractivity contribution in [3.8, 4) is 0 Å². The molecule has 0 unspecified atom stereocenters. The van der Waals surface area contributed by atoms with Crippen molar-refractivity contribution in [3.63, 3.8) is 0 Å². The van der Waals surface area contributed by atoms with E-state index >= 15 is 0 Å². The first-order chi connectivity index (χ1) is 7.15. The highest BCUT2D eigenvalue weighted by Gasteiger charge is 2.26. The molecule has 0 bridgehead atoms. The van der Waals surface area contributed by atoms with Crippen molar-refractivity contribution in [3.05, 3.63) is 0 Å². The van der Waals surface area contributed by atoms with E-state index in [9.17, 15) is 4.79 Å². The van der Waals surface area contributed by atoms with Crippen molar-refractivity contribution in [2.24, 2.45) is 5.92 Å². The van der Waals surface area contributed by atoms with Gasteiger partial charge in [0.2, 0.25) is 5.91 Å². The zero-order valence-corrected chi connectivity index (χ0v) is 10.5. The van der Waals surface area contributed by atoms with Gasteiger partial charge in [0.25, 0.3) is 0 Å². The maximum atomic E-state index is 11.7. The molecule has 0 aromatic heterocycles. The Hall–Kier alpha value is -0.530. The van der Waals surface area contributed by atoms with Gasteiger partial charge in [0, 0.05) is 19.0 Å². The molecule has 1 heterocycles. The van der Waals surface area contributed by atoms with E-state index < -0.39 is 0 Å². The van der Waals surface area contributed by atoms with Crippen molar-refractivity contribution < 1.29 is 4.79 Å². The van der Waals surface area contributed by atoms with E-state index in [1.807, 2.05) is 0 Å². The van der Waals surface area contributed by atoms with E-state index in [1.54, 1.807) is 0 Å². The minimum absolute atomic E-state index is 0.386. The number of carbonyl (C=O) groups is 1. The molecule has 1 aliphatic rings. The second-order valence-corrected chi connectivity index (χ2v) is 5.10. The zero-order valence-electron chi connectivity index (χ0n) is 10.5. The topological polar surface area (TPSA) is 20.3 Å². The molecule has 1 atom stereocenters. The molecule has 1 amide bonds. The van der Waals surface area contributed by atoms with Crippen molar-refractivity contribution >= 4 is 5.91 Å². The van der Waals surface area contributed by atoms with Gasteiger partial charge in [0.1, 0.15) is 0 Å². The third-order valence-electron chi connectivity index (χ3n) is 3.25. The Balaban J connectivity index is 2.44. The SMILES string of the molecule is CCC[C@@H](CCC(C)C)N1CCCC1=O. The minimum atomic E-state index is 0.386. The lowest BCUT2D eigenvalue weighted by Crippen LogP contribution is -2.36. The second kappa shape index (κ2) is 6.14. The quantitative estimate of drug-likeness (QED) is 0.660. The molecule has 0 saturated carbocycles. The highest BCUT2D eigenvalue weighted by Crippen LogP contribution is 2.21. The van der Waals surface area contributed by atoms with Crippen LogP contribution >= 0.6 is 0 Å². The summed E-state index contributed by atoms with van der Waals surface area (Å²) in [7, 11) is 0. The standard InChI is InChI=1S/C13H25NO/c1-4-6-12(9-8-11(2)3)14-10-5-7-13(14)15/h11-12H,4-10H2,1-3H3/t12-/m0/s1. The van der Waals surface area contributed by atoms with Gasteiger partial charge in [-0.1, -0.05) is 27.2 Å². The maximum absolute atomic E-state index is 11.7. The Bertz CT molecular complexity index is 201. The van der Waals surface area contributed by atoms with Gasteiger partial charge in [-0.3, -0.25) is 4.79 Å². The molecule has 1 rings (SSSR count). The van der Waals surface area contributed by atoms with Crippen LogP contribution in [0.3, 0.4) is 0 Å². The Kier molecular flexibility index (Phi) is 5.13. The molecule has 0 aliphatic carbocycles. The molecule has 88 valence electrons. The first-order valence-electron chi connectivity index (χ1n) is 6.44. The summed E-state index contributed by atoms with van der Waals surface area (Å²) in [6.45, 7) is 7.73. The van der Waals surface area contributed by atoms with E-state index in [4.69, 9.17) is 0 Å². The van der Waals surface area contributed by atoms with Crippen LogP contribution in [0.4, 0.5) is 0 Å². The number of nitrogens with zero attached hydrogens (tertiary/aromatic N) is 1. The van der Waals surface area contributed by atoms with Gasteiger partial charge in [-0.25, -0.2) is 0 Å². The fraction of sp³-hybridized carbons (Fsp3) is 0.923. The van der Waals surface area contributed by atoms with Crippen molar-refractivity contribution in [1.82, 2.24) is 4.90 Å². The van der Waals surface area contributed by atoms with Gasteiger partial charge < -0.3 is 4.90 Å². The Morgan fingerprint density at radius 1 is 1.27 bits per heavy atom. The predicted octanol–water partition coefficient (Wildman–Crippen LogP) is 3.21. The molecule has 0 spiro atoms. The van der Waals surface area contributed by atoms with Crippen LogP contribution in [0.5, 0.6) is 0 Å². The van der Waals surface area contributed by atoms with Gasteiger partial charge in [0.15, 0.2) is 0 Å². The monoisotopic (exact) mass is 211 g/mol. The Morgan fingerprint density at radius 3 is 2.47 bits per heavy atom. The third-order valence-corrected chi connectivity index (χ3v) is 3.25. The molecule has 0 N–H and O–H groups in total. The number of rotatable bonds is 6. The van der Waals surface area contributed by atoms with Crippen LogP contribution in [0.25, 0.3) is 0 Å². The highest BCUT2D eigenvalue weighted by atomic mass is 16.2. The lowest BCUT2D eigenvalue weighted by Gasteiger charge is -2.28. The van der Waals surface area contributed by atoms with Crippen LogP contribution < -0.4 is 0 Å². The average Bonchev–Trinajstić information content (AvgIpc) is 2.59. The summed E-state index contributed by atoms with van der Waals surface area (Å²) in [6.07, 6.45) is 6.65. The molecule has 1 saturated heterocycles. The maximum Gasteiger partial charge on any atom is 0.222 e. The van der Waals surface area contributed by atoms with Crippen LogP contribution in [-0.2, 0) is 4.79 Å². The van der Waals surface area contributed by atoms with E-state index in [0.717, 1.165) is 25.3 Å². The molecular weight excluding hydrogens is 186 g/mol. The second-order valence-electron chi connectivity index (χ2n) is 5.10. The summed E-state index contributed by atoms with van der Waals surface area (Å²) >= 11 is 0. The smallest absolute Gasteiger partial charge is 0.222 e. The predicted molar refractivity (Wildman–Crippen MR) is 63.7 cm³/mol.